The minimum Gasteiger partial charge on any atom is -0.494 e. The fourth-order valence-electron chi connectivity index (χ4n) is 2.30. The van der Waals surface area contributed by atoms with Gasteiger partial charge >= 0.3 is 6.72 Å². The van der Waals surface area contributed by atoms with Crippen molar-refractivity contribution in [3.8, 4) is 5.75 Å². The summed E-state index contributed by atoms with van der Waals surface area (Å²) in [4.78, 5) is 31.9. The molecule has 0 heterocycles. The maximum Gasteiger partial charge on any atom is 0.324 e. The van der Waals surface area contributed by atoms with Crippen LogP contribution in [0.1, 0.15) is 48.9 Å². The van der Waals surface area contributed by atoms with Crippen LogP contribution in [0.4, 0.5) is 5.69 Å². The third-order valence-electron chi connectivity index (χ3n) is 3.88. The van der Waals surface area contributed by atoms with Crippen molar-refractivity contribution in [1.82, 2.24) is 5.32 Å². The second-order valence-corrected chi connectivity index (χ2v) is 9.05. The van der Waals surface area contributed by atoms with E-state index in [4.69, 9.17) is 26.8 Å². The summed E-state index contributed by atoms with van der Waals surface area (Å²) in [6, 6.07) is 4.88. The summed E-state index contributed by atoms with van der Waals surface area (Å²) in [6.07, 6.45) is 5.20. The molecule has 10 heteroatoms. The van der Waals surface area contributed by atoms with E-state index in [1.165, 1.54) is 7.11 Å². The summed E-state index contributed by atoms with van der Waals surface area (Å²) < 4.78 is 15.3. The number of nitrogens with one attached hydrogen (secondary N) is 1. The Labute approximate surface area is 171 Å². The van der Waals surface area contributed by atoms with Crippen LogP contribution in [0.2, 0.25) is 0 Å². The number of unbranched alkanes of at least 4 members (excludes halogenated alkanes) is 3. The molecule has 4 N–H and O–H groups in total. The number of amides is 1. The molecule has 0 radical (unpaired) electrons. The number of anilines is 1. The zero-order chi connectivity index (χ0) is 20.8. The first-order valence-electron chi connectivity index (χ1n) is 9.15. The fraction of sp³-hybridized carbons (Fsp3) is 0.556. The number of hydrogen-bond donors (Lipinski definition) is 3. The van der Waals surface area contributed by atoms with Gasteiger partial charge in [-0.25, -0.2) is 0 Å². The van der Waals surface area contributed by atoms with E-state index in [1.54, 1.807) is 18.2 Å². The Morgan fingerprint density at radius 1 is 1.25 bits per heavy atom. The van der Waals surface area contributed by atoms with E-state index in [1.807, 2.05) is 0 Å². The molecule has 1 aromatic rings. The van der Waals surface area contributed by atoms with E-state index in [0.717, 1.165) is 25.7 Å². The highest BCUT2D eigenvalue weighted by Gasteiger charge is 2.10. The van der Waals surface area contributed by atoms with Crippen molar-refractivity contribution in [3.05, 3.63) is 23.8 Å². The van der Waals surface area contributed by atoms with Gasteiger partial charge < -0.3 is 29.7 Å². The number of aldehydes is 1. The maximum atomic E-state index is 11.8. The summed E-state index contributed by atoms with van der Waals surface area (Å²) in [6.45, 7) is -1.65. The van der Waals surface area contributed by atoms with E-state index < -0.39 is 6.72 Å². The van der Waals surface area contributed by atoms with Crippen molar-refractivity contribution in [1.29, 1.82) is 0 Å². The second kappa shape index (κ2) is 13.6. The van der Waals surface area contributed by atoms with E-state index >= 15 is 0 Å². The molecule has 0 aromatic heterocycles. The fourth-order valence-corrected chi connectivity index (χ4v) is 2.99. The van der Waals surface area contributed by atoms with Gasteiger partial charge in [0.25, 0.3) is 0 Å². The highest BCUT2D eigenvalue weighted by Crippen LogP contribution is 2.42. The van der Waals surface area contributed by atoms with Crippen LogP contribution in [0.15, 0.2) is 18.2 Å². The molecule has 1 atom stereocenters. The molecule has 0 saturated heterocycles. The first kappa shape index (κ1) is 24.5. The molecule has 28 heavy (non-hydrogen) atoms. The van der Waals surface area contributed by atoms with Crippen LogP contribution in [-0.4, -0.2) is 44.0 Å². The number of nitrogen functional groups attached to an aromatic ring is 1. The number of rotatable bonds is 15. The van der Waals surface area contributed by atoms with E-state index in [2.05, 4.69) is 9.84 Å². The lowest BCUT2D eigenvalue weighted by atomic mass is 10.2. The van der Waals surface area contributed by atoms with Crippen LogP contribution in [-0.2, 0) is 25.6 Å². The van der Waals surface area contributed by atoms with Crippen molar-refractivity contribution in [2.45, 2.75) is 38.5 Å². The Bertz CT molecular complexity index is 673. The summed E-state index contributed by atoms with van der Waals surface area (Å²) in [5.41, 5.74) is 6.51. The minimum absolute atomic E-state index is 0.0104. The largest absolute Gasteiger partial charge is 0.494 e. The number of nitrogens with two attached hydrogens (primary N) is 1. The zero-order valence-corrected chi connectivity index (χ0v) is 17.8. The van der Waals surface area contributed by atoms with Gasteiger partial charge in [-0.05, 0) is 43.2 Å². The van der Waals surface area contributed by atoms with Gasteiger partial charge in [-0.15, -0.1) is 0 Å². The van der Waals surface area contributed by atoms with Gasteiger partial charge in [0.1, 0.15) is 5.75 Å². The Morgan fingerprint density at radius 2 is 2.00 bits per heavy atom. The average molecular weight is 432 g/mol. The smallest absolute Gasteiger partial charge is 0.324 e. The Morgan fingerprint density at radius 3 is 2.68 bits per heavy atom. The van der Waals surface area contributed by atoms with Gasteiger partial charge in [-0.1, -0.05) is 12.8 Å². The van der Waals surface area contributed by atoms with Gasteiger partial charge in [0.15, 0.2) is 6.29 Å². The summed E-state index contributed by atoms with van der Waals surface area (Å²) in [5, 5.41) is 2.87. The van der Waals surface area contributed by atoms with E-state index in [0.29, 0.717) is 55.9 Å². The van der Waals surface area contributed by atoms with Crippen molar-refractivity contribution >= 4 is 36.4 Å². The average Bonchev–Trinajstić information content (AvgIpc) is 2.67. The van der Waals surface area contributed by atoms with Crippen LogP contribution in [0, 0.1) is 0 Å². The molecule has 1 aromatic carbocycles. The minimum atomic E-state index is -3.04. The van der Waals surface area contributed by atoms with Gasteiger partial charge in [-0.2, -0.15) is 0 Å². The third-order valence-corrected chi connectivity index (χ3v) is 5.61. The first-order valence-corrected chi connectivity index (χ1v) is 11.7. The van der Waals surface area contributed by atoms with Crippen molar-refractivity contribution in [3.63, 3.8) is 0 Å². The number of benzene rings is 1. The van der Waals surface area contributed by atoms with Crippen LogP contribution >= 0.6 is 6.72 Å². The molecule has 158 valence electrons. The lowest BCUT2D eigenvalue weighted by Gasteiger charge is -2.12. The summed E-state index contributed by atoms with van der Waals surface area (Å²) >= 11 is 4.73. The molecule has 0 aliphatic heterocycles. The molecule has 0 aliphatic rings. The molecule has 0 fully saturated rings. The second-order valence-electron chi connectivity index (χ2n) is 6.11. The SMILES string of the molecule is COP(O)(=S)OCCCCCCNC(=O)CCCOc1ccc(C=O)c(N)c1. The molecule has 1 unspecified atom stereocenters. The highest BCUT2D eigenvalue weighted by atomic mass is 32.5. The molecule has 0 saturated carbocycles. The van der Waals surface area contributed by atoms with Crippen LogP contribution in [0.5, 0.6) is 5.75 Å². The highest BCUT2D eigenvalue weighted by molar-refractivity contribution is 8.07. The summed E-state index contributed by atoms with van der Waals surface area (Å²) in [7, 11) is 1.33. The van der Waals surface area contributed by atoms with Gasteiger partial charge in [-0.3, -0.25) is 9.59 Å². The maximum absolute atomic E-state index is 11.8. The van der Waals surface area contributed by atoms with Gasteiger partial charge in [0.2, 0.25) is 5.91 Å². The predicted octanol–water partition coefficient (Wildman–Crippen LogP) is 2.80. The molecular weight excluding hydrogens is 403 g/mol. The van der Waals surface area contributed by atoms with Crippen LogP contribution in [0.3, 0.4) is 0 Å². The van der Waals surface area contributed by atoms with Crippen molar-refractivity contribution < 1.29 is 28.3 Å². The summed E-state index contributed by atoms with van der Waals surface area (Å²) in [5.74, 6) is 0.568. The number of carbonyl (C=O) groups is 2. The Balaban J connectivity index is 2.00. The van der Waals surface area contributed by atoms with E-state index in [-0.39, 0.29) is 5.91 Å². The van der Waals surface area contributed by atoms with Crippen LogP contribution in [0.25, 0.3) is 0 Å². The van der Waals surface area contributed by atoms with E-state index in [9.17, 15) is 14.5 Å². The van der Waals surface area contributed by atoms with Crippen molar-refractivity contribution in [2.24, 2.45) is 0 Å². The molecule has 0 aliphatic carbocycles. The standard InChI is InChI=1S/C18H29N2O6PS/c1-24-27(23,28)26-12-5-3-2-4-10-20-18(22)7-6-11-25-16-9-8-15(14-21)17(19)13-16/h8-9,13-14H,2-7,10-12,19H2,1H3,(H,20,22)(H,23,28). The Hall–Kier alpha value is -1.51. The predicted molar refractivity (Wildman–Crippen MR) is 112 cm³/mol. The number of carbonyl (C=O) groups excluding carboxylic acids is 2. The molecule has 0 spiro atoms. The zero-order valence-electron chi connectivity index (χ0n) is 16.1. The molecule has 1 rings (SSSR count). The molecule has 0 bridgehead atoms. The topological polar surface area (TPSA) is 120 Å². The molecule has 1 amide bonds. The first-order chi connectivity index (χ1) is 13.4. The van der Waals surface area contributed by atoms with Gasteiger partial charge in [0, 0.05) is 37.4 Å². The Kier molecular flexibility index (Phi) is 11.9. The number of hydrogen-bond acceptors (Lipinski definition) is 7. The molecule has 8 nitrogen and oxygen atoms in total. The number of ether oxygens (including phenoxy) is 1. The third kappa shape index (κ3) is 10.7. The van der Waals surface area contributed by atoms with Crippen molar-refractivity contribution in [2.75, 3.05) is 32.6 Å². The molecular formula is C18H29N2O6PS. The normalized spacial score (nSPS) is 12.9. The lowest BCUT2D eigenvalue weighted by Crippen LogP contribution is -2.24. The quantitative estimate of drug-likeness (QED) is 0.167. The van der Waals surface area contributed by atoms with Crippen LogP contribution < -0.4 is 15.8 Å². The lowest BCUT2D eigenvalue weighted by molar-refractivity contribution is -0.121. The monoisotopic (exact) mass is 432 g/mol. The van der Waals surface area contributed by atoms with Gasteiger partial charge in [0.05, 0.1) is 13.2 Å².